The summed E-state index contributed by atoms with van der Waals surface area (Å²) in [7, 11) is 4.86. The number of aryl methyl sites for hydroxylation is 1. The number of benzene rings is 2. The molecule has 1 N–H and O–H groups in total. The highest BCUT2D eigenvalue weighted by molar-refractivity contribution is 5.97. The van der Waals surface area contributed by atoms with Crippen LogP contribution in [0.5, 0.6) is 11.5 Å². The van der Waals surface area contributed by atoms with Crippen LogP contribution in [-0.4, -0.2) is 44.0 Å². The maximum atomic E-state index is 13.1. The summed E-state index contributed by atoms with van der Waals surface area (Å²) in [4.78, 5) is 27.3. The predicted molar refractivity (Wildman–Crippen MR) is 113 cm³/mol. The van der Waals surface area contributed by atoms with Gasteiger partial charge in [-0.1, -0.05) is 43.7 Å². The summed E-state index contributed by atoms with van der Waals surface area (Å²) < 4.78 is 10.8. The van der Waals surface area contributed by atoms with Crippen molar-refractivity contribution < 1.29 is 19.1 Å². The number of carbonyl (C=O) groups excluding carboxylic acids is 2. The van der Waals surface area contributed by atoms with E-state index in [-0.39, 0.29) is 17.7 Å². The zero-order valence-corrected chi connectivity index (χ0v) is 18.0. The number of ether oxygens (including phenoxy) is 2. The van der Waals surface area contributed by atoms with Gasteiger partial charge in [-0.05, 0) is 31.0 Å². The molecule has 29 heavy (non-hydrogen) atoms. The third-order valence-electron chi connectivity index (χ3n) is 4.80. The first kappa shape index (κ1) is 22.3. The van der Waals surface area contributed by atoms with Crippen LogP contribution >= 0.6 is 0 Å². The molecule has 2 rings (SSSR count). The van der Waals surface area contributed by atoms with Gasteiger partial charge in [-0.15, -0.1) is 0 Å². The van der Waals surface area contributed by atoms with E-state index in [9.17, 15) is 9.59 Å². The monoisotopic (exact) mass is 398 g/mol. The summed E-state index contributed by atoms with van der Waals surface area (Å²) in [6.45, 7) is 6.13. The zero-order chi connectivity index (χ0) is 21.6. The van der Waals surface area contributed by atoms with Crippen molar-refractivity contribution in [2.75, 3.05) is 21.3 Å². The molecular weight excluding hydrogens is 368 g/mol. The van der Waals surface area contributed by atoms with E-state index in [0.717, 1.165) is 11.1 Å². The van der Waals surface area contributed by atoms with E-state index in [2.05, 4.69) is 5.32 Å². The fourth-order valence-corrected chi connectivity index (χ4v) is 3.09. The largest absolute Gasteiger partial charge is 0.493 e. The Bertz CT molecular complexity index is 846. The van der Waals surface area contributed by atoms with E-state index in [1.807, 2.05) is 51.1 Å². The number of rotatable bonds is 8. The molecule has 2 amide bonds. The van der Waals surface area contributed by atoms with Crippen molar-refractivity contribution in [1.82, 2.24) is 10.2 Å². The minimum absolute atomic E-state index is 0.0634. The van der Waals surface area contributed by atoms with E-state index in [0.29, 0.717) is 23.6 Å². The smallest absolute Gasteiger partial charge is 0.251 e. The van der Waals surface area contributed by atoms with Gasteiger partial charge < -0.3 is 19.7 Å². The first-order valence-corrected chi connectivity index (χ1v) is 9.60. The molecular formula is C23H30N2O4. The number of carbonyl (C=O) groups is 2. The Morgan fingerprint density at radius 2 is 1.69 bits per heavy atom. The lowest BCUT2D eigenvalue weighted by Crippen LogP contribution is -2.50. The van der Waals surface area contributed by atoms with E-state index >= 15 is 0 Å². The highest BCUT2D eigenvalue weighted by Crippen LogP contribution is 2.31. The van der Waals surface area contributed by atoms with Crippen molar-refractivity contribution in [3.8, 4) is 11.5 Å². The molecule has 2 aromatic carbocycles. The SMILES string of the molecule is COc1cccc(CN(C)C(=O)C(NC(=O)c2ccc(C)cc2)C(C)C)c1OC. The summed E-state index contributed by atoms with van der Waals surface area (Å²) >= 11 is 0. The van der Waals surface area contributed by atoms with Gasteiger partial charge in [-0.3, -0.25) is 9.59 Å². The summed E-state index contributed by atoms with van der Waals surface area (Å²) in [5, 5.41) is 2.88. The Morgan fingerprint density at radius 1 is 1.03 bits per heavy atom. The highest BCUT2D eigenvalue weighted by Gasteiger charge is 2.28. The minimum Gasteiger partial charge on any atom is -0.493 e. The van der Waals surface area contributed by atoms with Gasteiger partial charge in [0.05, 0.1) is 14.2 Å². The van der Waals surface area contributed by atoms with Crippen molar-refractivity contribution in [1.29, 1.82) is 0 Å². The van der Waals surface area contributed by atoms with E-state index in [1.54, 1.807) is 38.3 Å². The van der Waals surface area contributed by atoms with Crippen molar-refractivity contribution in [3.05, 3.63) is 59.2 Å². The average molecular weight is 399 g/mol. The minimum atomic E-state index is -0.634. The number of methoxy groups -OCH3 is 2. The molecule has 156 valence electrons. The maximum Gasteiger partial charge on any atom is 0.251 e. The van der Waals surface area contributed by atoms with Crippen LogP contribution < -0.4 is 14.8 Å². The van der Waals surface area contributed by atoms with Gasteiger partial charge in [0.25, 0.3) is 5.91 Å². The van der Waals surface area contributed by atoms with Crippen LogP contribution in [0.3, 0.4) is 0 Å². The standard InChI is InChI=1S/C23H30N2O4/c1-15(2)20(24-22(26)17-12-10-16(3)11-13-17)23(27)25(4)14-18-8-7-9-19(28-5)21(18)29-6/h7-13,15,20H,14H2,1-6H3,(H,24,26). The Labute approximate surface area is 172 Å². The van der Waals surface area contributed by atoms with Crippen LogP contribution in [0, 0.1) is 12.8 Å². The first-order valence-electron chi connectivity index (χ1n) is 9.60. The fourth-order valence-electron chi connectivity index (χ4n) is 3.09. The number of para-hydroxylation sites is 1. The molecule has 6 nitrogen and oxygen atoms in total. The summed E-state index contributed by atoms with van der Waals surface area (Å²) in [6.07, 6.45) is 0. The van der Waals surface area contributed by atoms with Crippen LogP contribution in [0.2, 0.25) is 0 Å². The summed E-state index contributed by atoms with van der Waals surface area (Å²) in [6, 6.07) is 12.2. The van der Waals surface area contributed by atoms with Gasteiger partial charge in [0, 0.05) is 24.7 Å². The van der Waals surface area contributed by atoms with E-state index in [4.69, 9.17) is 9.47 Å². The number of nitrogens with zero attached hydrogens (tertiary/aromatic N) is 1. The first-order chi connectivity index (χ1) is 13.8. The second-order valence-electron chi connectivity index (χ2n) is 7.41. The number of hydrogen-bond acceptors (Lipinski definition) is 4. The van der Waals surface area contributed by atoms with Crippen molar-refractivity contribution in [2.24, 2.45) is 5.92 Å². The lowest BCUT2D eigenvalue weighted by molar-refractivity contribution is -0.133. The average Bonchev–Trinajstić information content (AvgIpc) is 2.71. The van der Waals surface area contributed by atoms with Crippen molar-refractivity contribution in [3.63, 3.8) is 0 Å². The topological polar surface area (TPSA) is 67.9 Å². The van der Waals surface area contributed by atoms with Crippen molar-refractivity contribution >= 4 is 11.8 Å². The highest BCUT2D eigenvalue weighted by atomic mass is 16.5. The van der Waals surface area contributed by atoms with Gasteiger partial charge in [0.2, 0.25) is 5.91 Å². The van der Waals surface area contributed by atoms with Gasteiger partial charge in [-0.2, -0.15) is 0 Å². The molecule has 6 heteroatoms. The molecule has 0 saturated carbocycles. The van der Waals surface area contributed by atoms with Crippen LogP contribution in [0.4, 0.5) is 0 Å². The molecule has 0 bridgehead atoms. The molecule has 0 aliphatic rings. The van der Waals surface area contributed by atoms with E-state index < -0.39 is 6.04 Å². The van der Waals surface area contributed by atoms with E-state index in [1.165, 1.54) is 0 Å². The third kappa shape index (κ3) is 5.50. The Hall–Kier alpha value is -3.02. The number of nitrogens with one attached hydrogen (secondary N) is 1. The number of hydrogen-bond donors (Lipinski definition) is 1. The zero-order valence-electron chi connectivity index (χ0n) is 18.0. The molecule has 1 atom stereocenters. The lowest BCUT2D eigenvalue weighted by Gasteiger charge is -2.27. The third-order valence-corrected chi connectivity index (χ3v) is 4.80. The second-order valence-corrected chi connectivity index (χ2v) is 7.41. The van der Waals surface area contributed by atoms with Crippen LogP contribution in [-0.2, 0) is 11.3 Å². The van der Waals surface area contributed by atoms with Crippen LogP contribution in [0.25, 0.3) is 0 Å². The van der Waals surface area contributed by atoms with Gasteiger partial charge >= 0.3 is 0 Å². The predicted octanol–water partition coefficient (Wildman–Crippen LogP) is 3.43. The molecule has 0 radical (unpaired) electrons. The van der Waals surface area contributed by atoms with Gasteiger partial charge in [-0.25, -0.2) is 0 Å². The number of amides is 2. The van der Waals surface area contributed by atoms with Crippen molar-refractivity contribution in [2.45, 2.75) is 33.4 Å². The fraction of sp³-hybridized carbons (Fsp3) is 0.391. The number of likely N-dealkylation sites (N-methyl/N-ethyl adjacent to an activating group) is 1. The molecule has 2 aromatic rings. The van der Waals surface area contributed by atoms with Crippen LogP contribution in [0.1, 0.15) is 35.3 Å². The summed E-state index contributed by atoms with van der Waals surface area (Å²) in [5.74, 6) is 0.722. The Morgan fingerprint density at radius 3 is 2.24 bits per heavy atom. The molecule has 0 heterocycles. The van der Waals surface area contributed by atoms with Crippen LogP contribution in [0.15, 0.2) is 42.5 Å². The molecule has 1 unspecified atom stereocenters. The molecule has 0 spiro atoms. The molecule has 0 saturated heterocycles. The van der Waals surface area contributed by atoms with Gasteiger partial charge in [0.15, 0.2) is 11.5 Å². The Balaban J connectivity index is 2.16. The molecule has 0 fully saturated rings. The quantitative estimate of drug-likeness (QED) is 0.740. The molecule has 0 aliphatic carbocycles. The molecule has 0 aliphatic heterocycles. The lowest BCUT2D eigenvalue weighted by atomic mass is 10.0. The van der Waals surface area contributed by atoms with Gasteiger partial charge in [0.1, 0.15) is 6.04 Å². The Kier molecular flexibility index (Phi) is 7.65. The normalized spacial score (nSPS) is 11.7. The summed E-state index contributed by atoms with van der Waals surface area (Å²) in [5.41, 5.74) is 2.44. The maximum absolute atomic E-state index is 13.1. The second kappa shape index (κ2) is 9.96. The molecule has 0 aromatic heterocycles.